The van der Waals surface area contributed by atoms with Crippen LogP contribution in [0.15, 0.2) is 12.4 Å². The number of amides is 1. The number of carbonyl (C=O) groups excluding carboxylic acids is 1. The van der Waals surface area contributed by atoms with E-state index in [0.717, 1.165) is 6.20 Å². The summed E-state index contributed by atoms with van der Waals surface area (Å²) in [6.45, 7) is 16.5. The molecule has 8 heteroatoms. The van der Waals surface area contributed by atoms with Crippen LogP contribution in [0.5, 0.6) is 5.75 Å². The van der Waals surface area contributed by atoms with Gasteiger partial charge in [-0.1, -0.05) is 20.8 Å². The van der Waals surface area contributed by atoms with E-state index in [0.29, 0.717) is 13.0 Å². The molecule has 0 spiro atoms. The maximum Gasteiger partial charge on any atom is 0.410 e. The lowest BCUT2D eigenvalue weighted by atomic mass is 10.1. The number of pyridine rings is 1. The lowest BCUT2D eigenvalue weighted by molar-refractivity contribution is 0.0207. The summed E-state index contributed by atoms with van der Waals surface area (Å²) in [5, 5.41) is 10.2. The molecule has 1 aliphatic heterocycles. The highest BCUT2D eigenvalue weighted by Gasteiger charge is 2.45. The smallest absolute Gasteiger partial charge is 0.410 e. The van der Waals surface area contributed by atoms with E-state index in [2.05, 4.69) is 38.8 Å². The van der Waals surface area contributed by atoms with Crippen molar-refractivity contribution in [3.8, 4) is 5.75 Å². The molecule has 0 bridgehead atoms. The molecule has 0 saturated carbocycles. The highest BCUT2D eigenvalue weighted by Crippen LogP contribution is 2.43. The predicted octanol–water partition coefficient (Wildman–Crippen LogP) is 5.00. The standard InChI is InChI=1S/C20H33FN2O4Si/c1-19(2,3)26-18(25)23-12-13(27-28(7,8)20(4,5)6)9-16(23)14-10-22-11-15(21)17(14)24/h10-11,13,16H,9,12H2,1-8H3,(H,22,24). The van der Waals surface area contributed by atoms with Crippen LogP contribution >= 0.6 is 0 Å². The number of halogens is 1. The van der Waals surface area contributed by atoms with Crippen molar-refractivity contribution in [1.82, 2.24) is 9.88 Å². The lowest BCUT2D eigenvalue weighted by Crippen LogP contribution is -2.45. The highest BCUT2D eigenvalue weighted by molar-refractivity contribution is 6.74. The van der Waals surface area contributed by atoms with Crippen molar-refractivity contribution in [2.75, 3.05) is 6.54 Å². The van der Waals surface area contributed by atoms with Gasteiger partial charge >= 0.3 is 6.09 Å². The Hall–Kier alpha value is -1.67. The molecule has 2 atom stereocenters. The molecule has 28 heavy (non-hydrogen) atoms. The summed E-state index contributed by atoms with van der Waals surface area (Å²) in [6, 6.07) is -0.562. The van der Waals surface area contributed by atoms with Gasteiger partial charge in [-0.25, -0.2) is 9.18 Å². The number of rotatable bonds is 3. The van der Waals surface area contributed by atoms with Crippen LogP contribution in [0.2, 0.25) is 18.1 Å². The third kappa shape index (κ3) is 5.02. The van der Waals surface area contributed by atoms with E-state index in [4.69, 9.17) is 9.16 Å². The predicted molar refractivity (Wildman–Crippen MR) is 108 cm³/mol. The van der Waals surface area contributed by atoms with Gasteiger partial charge in [-0.05, 0) is 45.3 Å². The highest BCUT2D eigenvalue weighted by atomic mass is 28.4. The van der Waals surface area contributed by atoms with Gasteiger partial charge in [-0.2, -0.15) is 0 Å². The number of hydrogen-bond donors (Lipinski definition) is 1. The molecule has 2 unspecified atom stereocenters. The Labute approximate surface area is 168 Å². The molecular formula is C20H33FN2O4Si. The molecule has 1 aliphatic rings. The number of nitrogens with zero attached hydrogens (tertiary/aromatic N) is 2. The van der Waals surface area contributed by atoms with Gasteiger partial charge in [0.1, 0.15) is 5.60 Å². The summed E-state index contributed by atoms with van der Waals surface area (Å²) in [7, 11) is -2.07. The number of ether oxygens (including phenoxy) is 1. The van der Waals surface area contributed by atoms with Crippen LogP contribution in [-0.4, -0.2) is 47.7 Å². The maximum atomic E-state index is 13.9. The van der Waals surface area contributed by atoms with Crippen molar-refractivity contribution in [3.63, 3.8) is 0 Å². The summed E-state index contributed by atoms with van der Waals surface area (Å²) in [5.41, 5.74) is -0.394. The summed E-state index contributed by atoms with van der Waals surface area (Å²) >= 11 is 0. The van der Waals surface area contributed by atoms with Crippen LogP contribution in [-0.2, 0) is 9.16 Å². The molecule has 6 nitrogen and oxygen atoms in total. The largest absolute Gasteiger partial charge is 0.504 e. The Morgan fingerprint density at radius 3 is 2.39 bits per heavy atom. The number of likely N-dealkylation sites (tertiary alicyclic amines) is 1. The van der Waals surface area contributed by atoms with Crippen molar-refractivity contribution < 1.29 is 23.5 Å². The molecule has 1 fully saturated rings. The number of aromatic nitrogens is 1. The summed E-state index contributed by atoms with van der Waals surface area (Å²) in [6.07, 6.45) is 2.07. The zero-order chi connectivity index (χ0) is 21.5. The van der Waals surface area contributed by atoms with Crippen molar-refractivity contribution >= 4 is 14.4 Å². The average molecular weight is 413 g/mol. The second-order valence-electron chi connectivity index (χ2n) is 9.94. The average Bonchev–Trinajstić information content (AvgIpc) is 2.90. The fourth-order valence-electron chi connectivity index (χ4n) is 2.98. The zero-order valence-electron chi connectivity index (χ0n) is 18.2. The topological polar surface area (TPSA) is 71.9 Å². The van der Waals surface area contributed by atoms with Crippen molar-refractivity contribution in [1.29, 1.82) is 0 Å². The van der Waals surface area contributed by atoms with Crippen molar-refractivity contribution in [2.24, 2.45) is 0 Å². The Kier molecular flexibility index (Phi) is 6.16. The minimum absolute atomic E-state index is 0.0182. The van der Waals surface area contributed by atoms with Gasteiger partial charge in [-0.3, -0.25) is 9.88 Å². The SMILES string of the molecule is CC(C)(C)OC(=O)N1CC(O[Si](C)(C)C(C)(C)C)CC1c1cncc(F)c1O. The van der Waals surface area contributed by atoms with Gasteiger partial charge in [0.2, 0.25) is 0 Å². The van der Waals surface area contributed by atoms with Gasteiger partial charge in [0, 0.05) is 18.3 Å². The molecule has 1 aromatic heterocycles. The first-order valence-electron chi connectivity index (χ1n) is 9.62. The normalized spacial score (nSPS) is 21.1. The Bertz CT molecular complexity index is 728. The molecule has 2 rings (SSSR count). The van der Waals surface area contributed by atoms with E-state index in [1.807, 2.05) is 0 Å². The third-order valence-corrected chi connectivity index (χ3v) is 9.95. The Morgan fingerprint density at radius 1 is 1.25 bits per heavy atom. The van der Waals surface area contributed by atoms with E-state index < -0.39 is 37.6 Å². The van der Waals surface area contributed by atoms with E-state index in [9.17, 15) is 14.3 Å². The summed E-state index contributed by atoms with van der Waals surface area (Å²) < 4.78 is 25.9. The van der Waals surface area contributed by atoms with Gasteiger partial charge in [-0.15, -0.1) is 0 Å². The third-order valence-electron chi connectivity index (χ3n) is 5.42. The van der Waals surface area contributed by atoms with E-state index in [-0.39, 0.29) is 16.7 Å². The Morgan fingerprint density at radius 2 is 1.86 bits per heavy atom. The van der Waals surface area contributed by atoms with Crippen LogP contribution in [0.25, 0.3) is 0 Å². The molecule has 1 aromatic rings. The molecule has 2 heterocycles. The molecule has 1 N–H and O–H groups in total. The van der Waals surface area contributed by atoms with Crippen LogP contribution in [0.3, 0.4) is 0 Å². The van der Waals surface area contributed by atoms with E-state index >= 15 is 0 Å². The quantitative estimate of drug-likeness (QED) is 0.708. The van der Waals surface area contributed by atoms with Gasteiger partial charge < -0.3 is 14.3 Å². The Balaban J connectivity index is 2.34. The molecular weight excluding hydrogens is 379 g/mol. The second-order valence-corrected chi connectivity index (χ2v) is 14.7. The number of carbonyl (C=O) groups is 1. The van der Waals surface area contributed by atoms with Gasteiger partial charge in [0.25, 0.3) is 0 Å². The fourth-order valence-corrected chi connectivity index (χ4v) is 4.34. The second kappa shape index (κ2) is 7.63. The molecule has 158 valence electrons. The lowest BCUT2D eigenvalue weighted by Gasteiger charge is -2.38. The van der Waals surface area contributed by atoms with E-state index in [1.165, 1.54) is 11.1 Å². The van der Waals surface area contributed by atoms with Crippen LogP contribution < -0.4 is 0 Å². The molecule has 0 aliphatic carbocycles. The molecule has 1 amide bonds. The fraction of sp³-hybridized carbons (Fsp3) is 0.700. The van der Waals surface area contributed by atoms with Gasteiger partial charge in [0.05, 0.1) is 18.3 Å². The van der Waals surface area contributed by atoms with Crippen molar-refractivity contribution in [2.45, 2.75) is 83.8 Å². The van der Waals surface area contributed by atoms with Crippen LogP contribution in [0, 0.1) is 5.82 Å². The molecule has 1 saturated heterocycles. The van der Waals surface area contributed by atoms with Crippen LogP contribution in [0.1, 0.15) is 59.6 Å². The van der Waals surface area contributed by atoms with Gasteiger partial charge in [0.15, 0.2) is 19.9 Å². The van der Waals surface area contributed by atoms with E-state index in [1.54, 1.807) is 20.8 Å². The summed E-state index contributed by atoms with van der Waals surface area (Å²) in [4.78, 5) is 18.2. The first-order valence-corrected chi connectivity index (χ1v) is 12.5. The minimum Gasteiger partial charge on any atom is -0.504 e. The molecule has 0 radical (unpaired) electrons. The number of aromatic hydroxyl groups is 1. The van der Waals surface area contributed by atoms with Crippen LogP contribution in [0.4, 0.5) is 9.18 Å². The summed E-state index contributed by atoms with van der Waals surface area (Å²) in [5.74, 6) is -1.29. The minimum atomic E-state index is -2.07. The first kappa shape index (κ1) is 22.6. The van der Waals surface area contributed by atoms with Crippen molar-refractivity contribution in [3.05, 3.63) is 23.8 Å². The maximum absolute atomic E-state index is 13.9. The monoisotopic (exact) mass is 412 g/mol. The zero-order valence-corrected chi connectivity index (χ0v) is 19.2. The number of hydrogen-bond acceptors (Lipinski definition) is 5. The first-order chi connectivity index (χ1) is 12.6. The molecule has 0 aromatic carbocycles.